The highest BCUT2D eigenvalue weighted by Crippen LogP contribution is 2.05. The summed E-state index contributed by atoms with van der Waals surface area (Å²) in [4.78, 5) is 7.33. The lowest BCUT2D eigenvalue weighted by Crippen LogP contribution is -2.28. The molecule has 88 valence electrons. The Labute approximate surface area is 96.7 Å². The van der Waals surface area contributed by atoms with E-state index in [9.17, 15) is 0 Å². The van der Waals surface area contributed by atoms with Crippen molar-refractivity contribution in [3.8, 4) is 0 Å². The fourth-order valence-electron chi connectivity index (χ4n) is 1.33. The van der Waals surface area contributed by atoms with Gasteiger partial charge in [-0.15, -0.1) is 0 Å². The number of oxime groups is 1. The van der Waals surface area contributed by atoms with Gasteiger partial charge in [-0.3, -0.25) is 4.90 Å². The van der Waals surface area contributed by atoms with Gasteiger partial charge in [0.15, 0.2) is 6.23 Å². The Bertz CT molecular complexity index is 350. The molecule has 0 spiro atoms. The molecule has 0 heterocycles. The number of hydrogen-bond donors (Lipinski definition) is 1. The van der Waals surface area contributed by atoms with Crippen molar-refractivity contribution in [2.75, 3.05) is 19.8 Å². The van der Waals surface area contributed by atoms with E-state index in [0.717, 1.165) is 17.7 Å². The van der Waals surface area contributed by atoms with Crippen LogP contribution in [0.5, 0.6) is 0 Å². The monoisotopic (exact) mass is 221 g/mol. The number of nitrogens with zero attached hydrogens (tertiary/aromatic N) is 2. The molecule has 1 atom stereocenters. The minimum Gasteiger partial charge on any atom is -0.399 e. The van der Waals surface area contributed by atoms with Gasteiger partial charge in [-0.05, 0) is 38.2 Å². The van der Waals surface area contributed by atoms with Crippen molar-refractivity contribution in [1.82, 2.24) is 4.90 Å². The first-order valence-electron chi connectivity index (χ1n) is 5.34. The van der Waals surface area contributed by atoms with Crippen molar-refractivity contribution in [3.63, 3.8) is 0 Å². The zero-order valence-corrected chi connectivity index (χ0v) is 10.1. The number of rotatable bonds is 5. The van der Waals surface area contributed by atoms with E-state index in [2.05, 4.69) is 12.1 Å². The van der Waals surface area contributed by atoms with Crippen LogP contribution < -0.4 is 5.73 Å². The first kappa shape index (κ1) is 12.5. The Morgan fingerprint density at radius 2 is 2.25 bits per heavy atom. The van der Waals surface area contributed by atoms with Crippen LogP contribution in [0.25, 0.3) is 0 Å². The molecule has 0 radical (unpaired) electrons. The molecule has 0 saturated carbocycles. The fourth-order valence-corrected chi connectivity index (χ4v) is 1.33. The quantitative estimate of drug-likeness (QED) is 0.358. The molecule has 0 aromatic heterocycles. The normalized spacial score (nSPS) is 13.2. The molecule has 2 N–H and O–H groups in total. The number of nitrogens with two attached hydrogens (primary N) is 1. The van der Waals surface area contributed by atoms with Crippen molar-refractivity contribution in [3.05, 3.63) is 29.8 Å². The zero-order valence-electron chi connectivity index (χ0n) is 10.1. The Hall–Kier alpha value is -1.55. The number of benzene rings is 1. The zero-order chi connectivity index (χ0) is 12.0. The Morgan fingerprint density at radius 1 is 1.50 bits per heavy atom. The lowest BCUT2D eigenvalue weighted by atomic mass is 10.2. The highest BCUT2D eigenvalue weighted by Gasteiger charge is 2.07. The summed E-state index contributed by atoms with van der Waals surface area (Å²) in [5.41, 5.74) is 7.32. The van der Waals surface area contributed by atoms with Gasteiger partial charge in [-0.25, -0.2) is 0 Å². The van der Waals surface area contributed by atoms with Gasteiger partial charge in [-0.1, -0.05) is 24.2 Å². The molecule has 0 aliphatic heterocycles. The van der Waals surface area contributed by atoms with Crippen molar-refractivity contribution >= 4 is 11.9 Å². The van der Waals surface area contributed by atoms with Crippen LogP contribution >= 0.6 is 0 Å². The standard InChI is InChI=1S/C12H19N3O/c1-4-12(15(2)3)16-14-9-10-6-5-7-11(13)8-10/h5-9,12H,4,13H2,1-3H3/b14-9+. The van der Waals surface area contributed by atoms with Crippen LogP contribution in [0.1, 0.15) is 18.9 Å². The van der Waals surface area contributed by atoms with Gasteiger partial charge in [-0.2, -0.15) is 0 Å². The van der Waals surface area contributed by atoms with Gasteiger partial charge >= 0.3 is 0 Å². The lowest BCUT2D eigenvalue weighted by Gasteiger charge is -2.19. The summed E-state index contributed by atoms with van der Waals surface area (Å²) in [5.74, 6) is 0. The van der Waals surface area contributed by atoms with E-state index < -0.39 is 0 Å². The summed E-state index contributed by atoms with van der Waals surface area (Å²) in [7, 11) is 3.92. The molecule has 0 aliphatic carbocycles. The smallest absolute Gasteiger partial charge is 0.180 e. The minimum atomic E-state index is 0.0114. The van der Waals surface area contributed by atoms with E-state index in [4.69, 9.17) is 10.6 Å². The van der Waals surface area contributed by atoms with Gasteiger partial charge in [0.1, 0.15) is 0 Å². The van der Waals surface area contributed by atoms with Gasteiger partial charge in [0.25, 0.3) is 0 Å². The number of hydrogen-bond acceptors (Lipinski definition) is 4. The predicted octanol–water partition coefficient (Wildman–Crippen LogP) is 1.92. The molecule has 4 heteroatoms. The van der Waals surface area contributed by atoms with E-state index in [1.165, 1.54) is 0 Å². The fraction of sp³-hybridized carbons (Fsp3) is 0.417. The average molecular weight is 221 g/mol. The Morgan fingerprint density at radius 3 is 2.81 bits per heavy atom. The number of nitrogen functional groups attached to an aromatic ring is 1. The van der Waals surface area contributed by atoms with Crippen LogP contribution in [0.2, 0.25) is 0 Å². The second kappa shape index (κ2) is 6.12. The van der Waals surface area contributed by atoms with Crippen LogP contribution in [-0.2, 0) is 4.84 Å². The van der Waals surface area contributed by atoms with Crippen molar-refractivity contribution in [1.29, 1.82) is 0 Å². The van der Waals surface area contributed by atoms with Crippen molar-refractivity contribution in [2.24, 2.45) is 5.16 Å². The van der Waals surface area contributed by atoms with Crippen molar-refractivity contribution < 1.29 is 4.84 Å². The second-order valence-electron chi connectivity index (χ2n) is 3.84. The third-order valence-electron chi connectivity index (χ3n) is 2.22. The predicted molar refractivity (Wildman–Crippen MR) is 67.3 cm³/mol. The maximum atomic E-state index is 5.65. The molecule has 0 amide bonds. The van der Waals surface area contributed by atoms with Crippen LogP contribution in [0.3, 0.4) is 0 Å². The Kier molecular flexibility index (Phi) is 4.79. The first-order chi connectivity index (χ1) is 7.63. The summed E-state index contributed by atoms with van der Waals surface area (Å²) in [5, 5.41) is 3.95. The molecule has 1 aromatic carbocycles. The third-order valence-corrected chi connectivity index (χ3v) is 2.22. The van der Waals surface area contributed by atoms with Crippen LogP contribution in [0, 0.1) is 0 Å². The molecular formula is C12H19N3O. The molecule has 0 saturated heterocycles. The molecule has 0 bridgehead atoms. The van der Waals surface area contributed by atoms with E-state index in [-0.39, 0.29) is 6.23 Å². The largest absolute Gasteiger partial charge is 0.399 e. The summed E-state index contributed by atoms with van der Waals surface area (Å²) in [6.45, 7) is 2.06. The summed E-state index contributed by atoms with van der Waals surface area (Å²) < 4.78 is 0. The summed E-state index contributed by atoms with van der Waals surface area (Å²) >= 11 is 0. The van der Waals surface area contributed by atoms with Crippen molar-refractivity contribution in [2.45, 2.75) is 19.6 Å². The number of anilines is 1. The highest BCUT2D eigenvalue weighted by molar-refractivity contribution is 5.80. The molecule has 4 nitrogen and oxygen atoms in total. The average Bonchev–Trinajstić information content (AvgIpc) is 2.24. The van der Waals surface area contributed by atoms with E-state index in [0.29, 0.717) is 0 Å². The molecule has 0 aliphatic rings. The third kappa shape index (κ3) is 3.90. The van der Waals surface area contributed by atoms with Gasteiger partial charge in [0.2, 0.25) is 0 Å². The molecule has 16 heavy (non-hydrogen) atoms. The summed E-state index contributed by atoms with van der Waals surface area (Å²) in [6, 6.07) is 7.51. The first-order valence-corrected chi connectivity index (χ1v) is 5.34. The maximum absolute atomic E-state index is 5.65. The second-order valence-corrected chi connectivity index (χ2v) is 3.84. The maximum Gasteiger partial charge on any atom is 0.180 e. The lowest BCUT2D eigenvalue weighted by molar-refractivity contribution is -0.0346. The van der Waals surface area contributed by atoms with Gasteiger partial charge in [0, 0.05) is 5.69 Å². The Balaban J connectivity index is 2.54. The topological polar surface area (TPSA) is 50.9 Å². The molecule has 1 rings (SSSR count). The molecular weight excluding hydrogens is 202 g/mol. The van der Waals surface area contributed by atoms with E-state index in [1.807, 2.05) is 43.3 Å². The summed E-state index contributed by atoms with van der Waals surface area (Å²) in [6.07, 6.45) is 2.57. The SMILES string of the molecule is CCC(O/N=C/c1cccc(N)c1)N(C)C. The van der Waals surface area contributed by atoms with Gasteiger partial charge < -0.3 is 10.6 Å². The highest BCUT2D eigenvalue weighted by atomic mass is 16.6. The van der Waals surface area contributed by atoms with Crippen LogP contribution in [-0.4, -0.2) is 31.4 Å². The van der Waals surface area contributed by atoms with E-state index >= 15 is 0 Å². The van der Waals surface area contributed by atoms with Crippen LogP contribution in [0.15, 0.2) is 29.4 Å². The van der Waals surface area contributed by atoms with E-state index in [1.54, 1.807) is 6.21 Å². The minimum absolute atomic E-state index is 0.0114. The molecule has 0 fully saturated rings. The molecule has 1 unspecified atom stereocenters. The van der Waals surface area contributed by atoms with Crippen LogP contribution in [0.4, 0.5) is 5.69 Å². The van der Waals surface area contributed by atoms with Gasteiger partial charge in [0.05, 0.1) is 6.21 Å². The molecule has 1 aromatic rings.